The van der Waals surface area contributed by atoms with Gasteiger partial charge in [0.05, 0.1) is 17.6 Å². The Morgan fingerprint density at radius 1 is 1.17 bits per heavy atom. The van der Waals surface area contributed by atoms with E-state index in [1.54, 1.807) is 0 Å². The maximum Gasteiger partial charge on any atom is 0.346 e. The average molecular weight is 355 g/mol. The fourth-order valence-electron chi connectivity index (χ4n) is 2.48. The molecule has 0 amide bonds. The predicted octanol–water partition coefficient (Wildman–Crippen LogP) is 1.58. The highest BCUT2D eigenvalue weighted by atomic mass is 32.2. The molecule has 0 bridgehead atoms. The number of nitrogens with zero attached hydrogens (tertiary/aromatic N) is 1. The number of hydrogen-bond donors (Lipinski definition) is 0. The zero-order valence-corrected chi connectivity index (χ0v) is 14.5. The molecule has 1 aliphatic rings. The van der Waals surface area contributed by atoms with Gasteiger partial charge in [-0.1, -0.05) is 12.5 Å². The van der Waals surface area contributed by atoms with Crippen LogP contribution in [-0.4, -0.2) is 51.0 Å². The Hall–Kier alpha value is -1.93. The van der Waals surface area contributed by atoms with E-state index in [1.807, 2.05) is 0 Å². The fourth-order valence-corrected chi connectivity index (χ4v) is 4.04. The molecule has 1 unspecified atom stereocenters. The van der Waals surface area contributed by atoms with E-state index < -0.39 is 28.1 Å². The Kier molecular flexibility index (Phi) is 5.95. The molecule has 1 saturated heterocycles. The molecule has 1 aromatic carbocycles. The molecule has 0 aliphatic carbocycles. The summed E-state index contributed by atoms with van der Waals surface area (Å²) in [6, 6.07) is 5.65. The molecule has 0 saturated carbocycles. The highest BCUT2D eigenvalue weighted by Crippen LogP contribution is 2.21. The molecule has 0 aromatic heterocycles. The molecule has 0 N–H and O–H groups in total. The van der Waals surface area contributed by atoms with Crippen molar-refractivity contribution in [1.29, 1.82) is 0 Å². The van der Waals surface area contributed by atoms with Crippen LogP contribution in [0.4, 0.5) is 0 Å². The highest BCUT2D eigenvalue weighted by Gasteiger charge is 2.27. The summed E-state index contributed by atoms with van der Waals surface area (Å²) in [6.07, 6.45) is 1.61. The molecule has 0 radical (unpaired) electrons. The van der Waals surface area contributed by atoms with Gasteiger partial charge in [-0.05, 0) is 38.0 Å². The first-order valence-electron chi connectivity index (χ1n) is 7.75. The van der Waals surface area contributed by atoms with Crippen LogP contribution in [0.2, 0.25) is 0 Å². The first-order chi connectivity index (χ1) is 11.4. The lowest BCUT2D eigenvalue weighted by Gasteiger charge is -2.26. The molecule has 0 spiro atoms. The summed E-state index contributed by atoms with van der Waals surface area (Å²) in [5, 5.41) is 0. The Morgan fingerprint density at radius 3 is 2.46 bits per heavy atom. The van der Waals surface area contributed by atoms with Crippen molar-refractivity contribution < 1.29 is 27.5 Å². The van der Waals surface area contributed by atoms with Crippen molar-refractivity contribution in [3.8, 4) is 0 Å². The van der Waals surface area contributed by atoms with Crippen molar-refractivity contribution >= 4 is 22.0 Å². The third kappa shape index (κ3) is 4.12. The lowest BCUT2D eigenvalue weighted by atomic mass is 10.2. The summed E-state index contributed by atoms with van der Waals surface area (Å²) in [7, 11) is -2.44. The molecule has 1 aliphatic heterocycles. The van der Waals surface area contributed by atoms with E-state index in [2.05, 4.69) is 4.74 Å². The number of rotatable bonds is 5. The Bertz CT molecular complexity index is 709. The van der Waals surface area contributed by atoms with Gasteiger partial charge < -0.3 is 9.47 Å². The molecule has 24 heavy (non-hydrogen) atoms. The smallest absolute Gasteiger partial charge is 0.346 e. The lowest BCUT2D eigenvalue weighted by molar-refractivity contribution is -0.149. The predicted molar refractivity (Wildman–Crippen MR) is 85.9 cm³/mol. The summed E-state index contributed by atoms with van der Waals surface area (Å²) in [5.74, 6) is -1.45. The molecule has 1 atom stereocenters. The van der Waals surface area contributed by atoms with Crippen LogP contribution in [0.15, 0.2) is 29.2 Å². The average Bonchev–Trinajstić information content (AvgIpc) is 2.61. The first-order valence-corrected chi connectivity index (χ1v) is 9.19. The minimum absolute atomic E-state index is 0.0459. The molecular weight excluding hydrogens is 334 g/mol. The quantitative estimate of drug-likeness (QED) is 0.745. The van der Waals surface area contributed by atoms with Gasteiger partial charge in [0.2, 0.25) is 10.0 Å². The second-order valence-electron chi connectivity index (χ2n) is 5.56. The van der Waals surface area contributed by atoms with Crippen LogP contribution < -0.4 is 0 Å². The number of ether oxygens (including phenoxy) is 2. The maximum atomic E-state index is 12.6. The first kappa shape index (κ1) is 18.4. The molecule has 8 heteroatoms. The van der Waals surface area contributed by atoms with Crippen LogP contribution in [-0.2, 0) is 24.3 Å². The van der Waals surface area contributed by atoms with Gasteiger partial charge in [0.15, 0.2) is 6.10 Å². The Balaban J connectivity index is 2.19. The summed E-state index contributed by atoms with van der Waals surface area (Å²) in [5.41, 5.74) is 0.0730. The lowest BCUT2D eigenvalue weighted by Crippen LogP contribution is -2.35. The van der Waals surface area contributed by atoms with Gasteiger partial charge in [-0.15, -0.1) is 0 Å². The number of carbonyl (C=O) groups is 2. The van der Waals surface area contributed by atoms with E-state index in [4.69, 9.17) is 4.74 Å². The number of esters is 2. The molecule has 1 heterocycles. The number of methoxy groups -OCH3 is 1. The van der Waals surface area contributed by atoms with E-state index in [1.165, 1.54) is 42.6 Å². The number of hydrogen-bond acceptors (Lipinski definition) is 6. The minimum atomic E-state index is -3.63. The van der Waals surface area contributed by atoms with E-state index >= 15 is 0 Å². The Labute approximate surface area is 141 Å². The van der Waals surface area contributed by atoms with E-state index in [0.29, 0.717) is 13.1 Å². The van der Waals surface area contributed by atoms with Crippen LogP contribution in [0.1, 0.15) is 36.5 Å². The van der Waals surface area contributed by atoms with Crippen LogP contribution in [0.25, 0.3) is 0 Å². The van der Waals surface area contributed by atoms with Gasteiger partial charge in [0, 0.05) is 13.1 Å². The molecule has 1 fully saturated rings. The number of benzene rings is 1. The van der Waals surface area contributed by atoms with Gasteiger partial charge >= 0.3 is 11.9 Å². The van der Waals surface area contributed by atoms with Crippen molar-refractivity contribution in [2.45, 2.75) is 37.2 Å². The van der Waals surface area contributed by atoms with Crippen LogP contribution in [0.3, 0.4) is 0 Å². The van der Waals surface area contributed by atoms with Crippen LogP contribution >= 0.6 is 0 Å². The second-order valence-corrected chi connectivity index (χ2v) is 7.50. The van der Waals surface area contributed by atoms with Crippen molar-refractivity contribution in [3.05, 3.63) is 29.8 Å². The molecular formula is C16H21NO6S. The molecule has 132 valence electrons. The van der Waals surface area contributed by atoms with Crippen molar-refractivity contribution in [1.82, 2.24) is 4.31 Å². The molecule has 2 rings (SSSR count). The van der Waals surface area contributed by atoms with Gasteiger partial charge in [-0.3, -0.25) is 0 Å². The summed E-state index contributed by atoms with van der Waals surface area (Å²) < 4.78 is 36.2. The number of sulfonamides is 1. The van der Waals surface area contributed by atoms with Crippen molar-refractivity contribution in [3.63, 3.8) is 0 Å². The fraction of sp³-hybridized carbons (Fsp3) is 0.500. The van der Waals surface area contributed by atoms with E-state index in [9.17, 15) is 18.0 Å². The van der Waals surface area contributed by atoms with Gasteiger partial charge in [-0.2, -0.15) is 4.31 Å². The summed E-state index contributed by atoms with van der Waals surface area (Å²) >= 11 is 0. The summed E-state index contributed by atoms with van der Waals surface area (Å²) in [4.78, 5) is 23.4. The normalized spacial score (nSPS) is 17.1. The van der Waals surface area contributed by atoms with E-state index in [-0.39, 0.29) is 10.5 Å². The van der Waals surface area contributed by atoms with Gasteiger partial charge in [0.1, 0.15) is 0 Å². The number of carbonyl (C=O) groups excluding carboxylic acids is 2. The van der Waals surface area contributed by atoms with Crippen LogP contribution in [0, 0.1) is 0 Å². The topological polar surface area (TPSA) is 90.0 Å². The standard InChI is InChI=1S/C16H21NO6S/c1-12(15(18)22-2)23-16(19)13-7-6-8-14(11-13)24(20,21)17-9-4-3-5-10-17/h6-8,11-12H,3-5,9-10H2,1-2H3. The molecule has 7 nitrogen and oxygen atoms in total. The molecule has 1 aromatic rings. The zero-order valence-electron chi connectivity index (χ0n) is 13.7. The maximum absolute atomic E-state index is 12.6. The second kappa shape index (κ2) is 7.76. The zero-order chi connectivity index (χ0) is 17.7. The monoisotopic (exact) mass is 355 g/mol. The van der Waals surface area contributed by atoms with E-state index in [0.717, 1.165) is 19.3 Å². The SMILES string of the molecule is COC(=O)C(C)OC(=O)c1cccc(S(=O)(=O)N2CCCCC2)c1. The van der Waals surface area contributed by atoms with Gasteiger partial charge in [0.25, 0.3) is 0 Å². The number of piperidine rings is 1. The Morgan fingerprint density at radius 2 is 1.83 bits per heavy atom. The highest BCUT2D eigenvalue weighted by molar-refractivity contribution is 7.89. The minimum Gasteiger partial charge on any atom is -0.466 e. The van der Waals surface area contributed by atoms with Crippen molar-refractivity contribution in [2.24, 2.45) is 0 Å². The third-order valence-corrected chi connectivity index (χ3v) is 5.73. The van der Waals surface area contributed by atoms with Gasteiger partial charge in [-0.25, -0.2) is 18.0 Å². The van der Waals surface area contributed by atoms with Crippen LogP contribution in [0.5, 0.6) is 0 Å². The largest absolute Gasteiger partial charge is 0.466 e. The van der Waals surface area contributed by atoms with Crippen molar-refractivity contribution in [2.75, 3.05) is 20.2 Å². The summed E-state index contributed by atoms with van der Waals surface area (Å²) in [6.45, 7) is 2.35. The third-order valence-electron chi connectivity index (χ3n) is 3.84.